The summed E-state index contributed by atoms with van der Waals surface area (Å²) in [6.45, 7) is 2.25. The van der Waals surface area contributed by atoms with E-state index in [1.54, 1.807) is 0 Å². The Bertz CT molecular complexity index is 520. The first kappa shape index (κ1) is 18.4. The van der Waals surface area contributed by atoms with Crippen molar-refractivity contribution in [1.29, 1.82) is 0 Å². The first-order valence-electron chi connectivity index (χ1n) is 6.48. The van der Waals surface area contributed by atoms with Crippen LogP contribution in [0.3, 0.4) is 0 Å². The molecule has 2 amide bonds. The van der Waals surface area contributed by atoms with Gasteiger partial charge in [-0.2, -0.15) is 13.2 Å². The lowest BCUT2D eigenvalue weighted by Gasteiger charge is -2.12. The minimum atomic E-state index is -4.81. The lowest BCUT2D eigenvalue weighted by Crippen LogP contribution is -2.32. The zero-order valence-electron chi connectivity index (χ0n) is 11.8. The second kappa shape index (κ2) is 8.14. The van der Waals surface area contributed by atoms with Gasteiger partial charge in [0.1, 0.15) is 0 Å². The lowest BCUT2D eigenvalue weighted by atomic mass is 10.1. The second-order valence-electron chi connectivity index (χ2n) is 4.69. The van der Waals surface area contributed by atoms with Crippen molar-refractivity contribution < 1.29 is 27.3 Å². The number of benzene rings is 1. The molecule has 0 fully saturated rings. The van der Waals surface area contributed by atoms with E-state index in [2.05, 4.69) is 10.6 Å². The Labute approximate surface area is 128 Å². The van der Waals surface area contributed by atoms with Crippen LogP contribution in [0.4, 0.5) is 23.7 Å². The van der Waals surface area contributed by atoms with Crippen LogP contribution >= 0.6 is 0 Å². The van der Waals surface area contributed by atoms with Gasteiger partial charge < -0.3 is 15.7 Å². The summed E-state index contributed by atoms with van der Waals surface area (Å²) in [6.07, 6.45) is 0.554. The van der Waals surface area contributed by atoms with Crippen LogP contribution in [-0.2, 0) is 10.8 Å². The van der Waals surface area contributed by atoms with Crippen molar-refractivity contribution in [2.24, 2.45) is 5.92 Å². The SMILES string of the molecule is CC(CCO)CNC(=O)Nc1ccc(S(=O)C(F)(F)F)cc1. The predicted molar refractivity (Wildman–Crippen MR) is 76.8 cm³/mol. The standard InChI is InChI=1S/C13H17F3N2O3S/c1-9(6-7-19)8-17-12(20)18-10-2-4-11(5-3-10)22(21)13(14,15)16/h2-5,9,19H,6-8H2,1H3,(H2,17,18,20). The molecule has 2 unspecified atom stereocenters. The van der Waals surface area contributed by atoms with Gasteiger partial charge >= 0.3 is 11.5 Å². The Balaban J connectivity index is 2.54. The van der Waals surface area contributed by atoms with Gasteiger partial charge in [0, 0.05) is 23.7 Å². The minimum Gasteiger partial charge on any atom is -0.396 e. The van der Waals surface area contributed by atoms with Gasteiger partial charge in [0.2, 0.25) is 0 Å². The van der Waals surface area contributed by atoms with E-state index in [-0.39, 0.29) is 23.1 Å². The molecule has 0 spiro atoms. The van der Waals surface area contributed by atoms with Crippen LogP contribution in [0.25, 0.3) is 0 Å². The fraction of sp³-hybridized carbons (Fsp3) is 0.462. The summed E-state index contributed by atoms with van der Waals surface area (Å²) >= 11 is 0. The van der Waals surface area contributed by atoms with Crippen LogP contribution in [0, 0.1) is 5.92 Å². The highest BCUT2D eigenvalue weighted by molar-refractivity contribution is 7.86. The molecule has 1 aromatic rings. The fourth-order valence-corrected chi connectivity index (χ4v) is 2.21. The van der Waals surface area contributed by atoms with Crippen molar-refractivity contribution in [3.63, 3.8) is 0 Å². The van der Waals surface area contributed by atoms with Crippen LogP contribution in [-0.4, -0.2) is 34.0 Å². The number of amides is 2. The van der Waals surface area contributed by atoms with Crippen LogP contribution in [0.1, 0.15) is 13.3 Å². The first-order valence-corrected chi connectivity index (χ1v) is 7.63. The highest BCUT2D eigenvalue weighted by Crippen LogP contribution is 2.26. The van der Waals surface area contributed by atoms with E-state index in [0.29, 0.717) is 13.0 Å². The summed E-state index contributed by atoms with van der Waals surface area (Å²) in [5.74, 6) is 0.104. The van der Waals surface area contributed by atoms with Crippen molar-refractivity contribution >= 4 is 22.5 Å². The molecule has 0 bridgehead atoms. The van der Waals surface area contributed by atoms with Gasteiger partial charge in [0.05, 0.1) is 0 Å². The van der Waals surface area contributed by atoms with Crippen molar-refractivity contribution in [2.75, 3.05) is 18.5 Å². The van der Waals surface area contributed by atoms with E-state index in [1.807, 2.05) is 6.92 Å². The monoisotopic (exact) mass is 338 g/mol. The van der Waals surface area contributed by atoms with Crippen LogP contribution < -0.4 is 10.6 Å². The number of nitrogens with one attached hydrogen (secondary N) is 2. The molecular weight excluding hydrogens is 321 g/mol. The number of carbonyl (C=O) groups excluding carboxylic acids is 1. The summed E-state index contributed by atoms with van der Waals surface area (Å²) in [5.41, 5.74) is -4.52. The van der Waals surface area contributed by atoms with Crippen LogP contribution in [0.5, 0.6) is 0 Å². The normalized spacial score (nSPS) is 14.2. The topological polar surface area (TPSA) is 78.4 Å². The molecule has 1 aromatic carbocycles. The van der Waals surface area contributed by atoms with Gasteiger partial charge in [-0.05, 0) is 36.6 Å². The number of rotatable bonds is 6. The van der Waals surface area contributed by atoms with E-state index < -0.39 is 22.3 Å². The first-order chi connectivity index (χ1) is 10.2. The van der Waals surface area contributed by atoms with Crippen molar-refractivity contribution in [2.45, 2.75) is 23.7 Å². The summed E-state index contributed by atoms with van der Waals surface area (Å²) in [6, 6.07) is 4.08. The Morgan fingerprint density at radius 3 is 2.41 bits per heavy atom. The molecule has 0 saturated carbocycles. The zero-order valence-corrected chi connectivity index (χ0v) is 12.6. The van der Waals surface area contributed by atoms with Crippen molar-refractivity contribution in [3.05, 3.63) is 24.3 Å². The fourth-order valence-electron chi connectivity index (χ4n) is 1.56. The van der Waals surface area contributed by atoms with Gasteiger partial charge in [-0.25, -0.2) is 9.00 Å². The molecule has 5 nitrogen and oxygen atoms in total. The maximum absolute atomic E-state index is 12.3. The van der Waals surface area contributed by atoms with E-state index in [9.17, 15) is 22.2 Å². The zero-order chi connectivity index (χ0) is 16.8. The largest absolute Gasteiger partial charge is 0.475 e. The Morgan fingerprint density at radius 2 is 1.91 bits per heavy atom. The average molecular weight is 338 g/mol. The molecule has 0 saturated heterocycles. The van der Waals surface area contributed by atoms with Crippen LogP contribution in [0.15, 0.2) is 29.2 Å². The number of anilines is 1. The number of alkyl halides is 3. The molecule has 22 heavy (non-hydrogen) atoms. The molecule has 0 heterocycles. The van der Waals surface area contributed by atoms with Crippen LogP contribution in [0.2, 0.25) is 0 Å². The maximum atomic E-state index is 12.3. The van der Waals surface area contributed by atoms with E-state index in [0.717, 1.165) is 12.1 Å². The molecule has 0 aliphatic rings. The predicted octanol–water partition coefficient (Wildman–Crippen LogP) is 2.45. The minimum absolute atomic E-state index is 0.0300. The summed E-state index contributed by atoms with van der Waals surface area (Å²) in [4.78, 5) is 11.2. The molecule has 124 valence electrons. The highest BCUT2D eigenvalue weighted by Gasteiger charge is 2.37. The molecule has 1 rings (SSSR count). The maximum Gasteiger partial charge on any atom is 0.475 e. The van der Waals surface area contributed by atoms with Gasteiger partial charge in [0.25, 0.3) is 0 Å². The van der Waals surface area contributed by atoms with E-state index in [1.165, 1.54) is 12.1 Å². The molecule has 0 aliphatic heterocycles. The number of halogens is 3. The average Bonchev–Trinajstić information content (AvgIpc) is 2.44. The van der Waals surface area contributed by atoms with Crippen molar-refractivity contribution in [1.82, 2.24) is 5.32 Å². The quantitative estimate of drug-likeness (QED) is 0.745. The van der Waals surface area contributed by atoms with Gasteiger partial charge in [-0.3, -0.25) is 0 Å². The number of carbonyl (C=O) groups is 1. The van der Waals surface area contributed by atoms with Gasteiger partial charge in [0.15, 0.2) is 10.8 Å². The van der Waals surface area contributed by atoms with Gasteiger partial charge in [-0.15, -0.1) is 0 Å². The molecule has 2 atom stereocenters. The molecule has 0 radical (unpaired) electrons. The number of aliphatic hydroxyl groups is 1. The third-order valence-electron chi connectivity index (χ3n) is 2.77. The number of hydrogen-bond donors (Lipinski definition) is 3. The third kappa shape index (κ3) is 6.02. The Kier molecular flexibility index (Phi) is 6.82. The van der Waals surface area contributed by atoms with Crippen molar-refractivity contribution in [3.8, 4) is 0 Å². The number of urea groups is 1. The van der Waals surface area contributed by atoms with E-state index >= 15 is 0 Å². The van der Waals surface area contributed by atoms with E-state index in [4.69, 9.17) is 5.11 Å². The number of aliphatic hydroxyl groups excluding tert-OH is 1. The molecule has 9 heteroatoms. The van der Waals surface area contributed by atoms with Gasteiger partial charge in [-0.1, -0.05) is 6.92 Å². The Hall–Kier alpha value is -1.61. The third-order valence-corrected chi connectivity index (χ3v) is 3.89. The number of hydrogen-bond acceptors (Lipinski definition) is 3. The Morgan fingerprint density at radius 1 is 1.32 bits per heavy atom. The second-order valence-corrected chi connectivity index (χ2v) is 6.16. The summed E-state index contributed by atoms with van der Waals surface area (Å²) < 4.78 is 48.0. The highest BCUT2D eigenvalue weighted by atomic mass is 32.2. The molecule has 3 N–H and O–H groups in total. The molecule has 0 aliphatic carbocycles. The molecule has 0 aromatic heterocycles. The molecular formula is C13H17F3N2O3S. The summed E-state index contributed by atoms with van der Waals surface area (Å²) in [7, 11) is -3.09. The lowest BCUT2D eigenvalue weighted by molar-refractivity contribution is -0.0384. The smallest absolute Gasteiger partial charge is 0.396 e. The summed E-state index contributed by atoms with van der Waals surface area (Å²) in [5, 5.41) is 13.8.